The Morgan fingerprint density at radius 2 is 2.32 bits per heavy atom. The fourth-order valence-corrected chi connectivity index (χ4v) is 2.11. The predicted octanol–water partition coefficient (Wildman–Crippen LogP) is 2.56. The van der Waals surface area contributed by atoms with Crippen molar-refractivity contribution in [1.29, 1.82) is 0 Å². The number of nitrogens with zero attached hydrogens (tertiary/aromatic N) is 2. The quantitative estimate of drug-likeness (QED) is 0.376. The third kappa shape index (κ3) is 3.64. The van der Waals surface area contributed by atoms with Gasteiger partial charge in [-0.15, -0.1) is 0 Å². The molecular weight excluding hydrogens is 270 g/mol. The molecule has 1 aliphatic rings. The summed E-state index contributed by atoms with van der Waals surface area (Å²) in [6, 6.07) is 1.31. The van der Waals surface area contributed by atoms with E-state index < -0.39 is 16.5 Å². The molecule has 0 aliphatic heterocycles. The topological polar surface area (TPSA) is 85.1 Å². The van der Waals surface area contributed by atoms with Crippen molar-refractivity contribution in [3.8, 4) is 0 Å². The monoisotopic (exact) mass is 283 g/mol. The highest BCUT2D eigenvalue weighted by Gasteiger charge is 2.25. The molecule has 1 fully saturated rings. The molecule has 2 rings (SSSR count). The second kappa shape index (κ2) is 5.97. The van der Waals surface area contributed by atoms with Crippen LogP contribution in [0.5, 0.6) is 0 Å². The average Bonchev–Trinajstić information content (AvgIpc) is 3.17. The van der Waals surface area contributed by atoms with Crippen LogP contribution in [0.15, 0.2) is 12.3 Å². The number of aromatic nitrogens is 1. The van der Waals surface area contributed by atoms with E-state index in [1.165, 1.54) is 25.1 Å². The molecule has 0 spiro atoms. The van der Waals surface area contributed by atoms with Crippen LogP contribution in [-0.2, 0) is 0 Å². The Hall–Kier alpha value is -1.69. The van der Waals surface area contributed by atoms with E-state index in [4.69, 9.17) is 11.6 Å². The Morgan fingerprint density at radius 1 is 1.58 bits per heavy atom. The van der Waals surface area contributed by atoms with Gasteiger partial charge < -0.3 is 5.32 Å². The van der Waals surface area contributed by atoms with Crippen molar-refractivity contribution in [2.24, 2.45) is 5.92 Å². The number of nitro groups is 1. The molecule has 7 heteroatoms. The van der Waals surface area contributed by atoms with E-state index in [2.05, 4.69) is 10.3 Å². The maximum atomic E-state index is 11.9. The molecule has 1 aromatic heterocycles. The molecular formula is C12H14ClN3O3. The summed E-state index contributed by atoms with van der Waals surface area (Å²) in [6.45, 7) is 0.520. The first kappa shape index (κ1) is 13.7. The van der Waals surface area contributed by atoms with E-state index in [-0.39, 0.29) is 10.7 Å². The van der Waals surface area contributed by atoms with Crippen LogP contribution < -0.4 is 5.32 Å². The number of halogens is 1. The number of hydrogen-bond donors (Lipinski definition) is 1. The summed E-state index contributed by atoms with van der Waals surface area (Å²) in [5, 5.41) is 13.3. The number of amides is 1. The van der Waals surface area contributed by atoms with Gasteiger partial charge in [0, 0.05) is 12.7 Å². The minimum atomic E-state index is -0.686. The van der Waals surface area contributed by atoms with Gasteiger partial charge in [0.2, 0.25) is 5.15 Å². The molecule has 0 unspecified atom stereocenters. The molecule has 0 bridgehead atoms. The summed E-state index contributed by atoms with van der Waals surface area (Å²) in [5.74, 6) is 0.327. The second-order valence-corrected chi connectivity index (χ2v) is 4.95. The first-order valence-corrected chi connectivity index (χ1v) is 6.54. The van der Waals surface area contributed by atoms with Crippen molar-refractivity contribution < 1.29 is 9.72 Å². The van der Waals surface area contributed by atoms with E-state index >= 15 is 0 Å². The maximum absolute atomic E-state index is 11.9. The summed E-state index contributed by atoms with van der Waals surface area (Å²) in [6.07, 6.45) is 5.83. The van der Waals surface area contributed by atoms with E-state index in [1.54, 1.807) is 0 Å². The fourth-order valence-electron chi connectivity index (χ4n) is 1.88. The summed E-state index contributed by atoms with van der Waals surface area (Å²) in [7, 11) is 0. The largest absolute Gasteiger partial charge is 0.352 e. The van der Waals surface area contributed by atoms with E-state index in [0.717, 1.165) is 18.8 Å². The van der Waals surface area contributed by atoms with Crippen LogP contribution in [0.3, 0.4) is 0 Å². The Morgan fingerprint density at radius 3 is 2.95 bits per heavy atom. The van der Waals surface area contributed by atoms with E-state index in [1.807, 2.05) is 0 Å². The molecule has 102 valence electrons. The van der Waals surface area contributed by atoms with Crippen molar-refractivity contribution in [3.05, 3.63) is 33.1 Å². The van der Waals surface area contributed by atoms with E-state index in [9.17, 15) is 14.9 Å². The summed E-state index contributed by atoms with van der Waals surface area (Å²) < 4.78 is 0. The zero-order valence-electron chi connectivity index (χ0n) is 10.3. The standard InChI is InChI=1S/C12H14ClN3O3/c13-11-10(16(18)19)9(5-7-14-11)12(17)15-6-1-2-8-3-4-8/h5,7-8H,1-4,6H2,(H,15,17). The summed E-state index contributed by atoms with van der Waals surface area (Å²) in [5.41, 5.74) is -0.486. The van der Waals surface area contributed by atoms with Gasteiger partial charge in [0.25, 0.3) is 5.91 Å². The van der Waals surface area contributed by atoms with Crippen LogP contribution in [0.25, 0.3) is 0 Å². The van der Waals surface area contributed by atoms with Gasteiger partial charge in [0.15, 0.2) is 0 Å². The lowest BCUT2D eigenvalue weighted by Gasteiger charge is -2.05. The van der Waals surface area contributed by atoms with Crippen LogP contribution in [0, 0.1) is 16.0 Å². The smallest absolute Gasteiger partial charge is 0.319 e. The normalized spacial score (nSPS) is 14.2. The van der Waals surface area contributed by atoms with Gasteiger partial charge in [-0.1, -0.05) is 24.4 Å². The third-order valence-corrected chi connectivity index (χ3v) is 3.36. The first-order valence-electron chi connectivity index (χ1n) is 6.16. The van der Waals surface area contributed by atoms with Crippen LogP contribution in [0.4, 0.5) is 5.69 Å². The number of carbonyl (C=O) groups is 1. The molecule has 0 radical (unpaired) electrons. The van der Waals surface area contributed by atoms with Crippen molar-refractivity contribution in [1.82, 2.24) is 10.3 Å². The number of pyridine rings is 1. The lowest BCUT2D eigenvalue weighted by atomic mass is 10.2. The Balaban J connectivity index is 1.97. The highest BCUT2D eigenvalue weighted by Crippen LogP contribution is 2.33. The van der Waals surface area contributed by atoms with Gasteiger partial charge in [0.1, 0.15) is 5.56 Å². The zero-order valence-corrected chi connectivity index (χ0v) is 11.0. The fraction of sp³-hybridized carbons (Fsp3) is 0.500. The van der Waals surface area contributed by atoms with Gasteiger partial charge in [-0.05, 0) is 24.8 Å². The second-order valence-electron chi connectivity index (χ2n) is 4.60. The zero-order chi connectivity index (χ0) is 13.8. The molecule has 6 nitrogen and oxygen atoms in total. The molecule has 1 heterocycles. The van der Waals surface area contributed by atoms with Crippen LogP contribution in [0.2, 0.25) is 5.15 Å². The van der Waals surface area contributed by atoms with Crippen LogP contribution in [0.1, 0.15) is 36.0 Å². The lowest BCUT2D eigenvalue weighted by Crippen LogP contribution is -2.25. The van der Waals surface area contributed by atoms with Crippen LogP contribution >= 0.6 is 11.6 Å². The summed E-state index contributed by atoms with van der Waals surface area (Å²) >= 11 is 5.65. The van der Waals surface area contributed by atoms with Gasteiger partial charge in [0.05, 0.1) is 4.92 Å². The van der Waals surface area contributed by atoms with Crippen molar-refractivity contribution in [2.75, 3.05) is 6.54 Å². The third-order valence-electron chi connectivity index (χ3n) is 3.08. The number of nitrogens with one attached hydrogen (secondary N) is 1. The Bertz CT molecular complexity index is 503. The van der Waals surface area contributed by atoms with Crippen molar-refractivity contribution in [2.45, 2.75) is 25.7 Å². The average molecular weight is 284 g/mol. The Labute approximate surface area is 115 Å². The van der Waals surface area contributed by atoms with Crippen molar-refractivity contribution in [3.63, 3.8) is 0 Å². The maximum Gasteiger partial charge on any atom is 0.319 e. The lowest BCUT2D eigenvalue weighted by molar-refractivity contribution is -0.385. The molecule has 1 aromatic rings. The van der Waals surface area contributed by atoms with E-state index in [0.29, 0.717) is 6.54 Å². The molecule has 0 saturated heterocycles. The van der Waals surface area contributed by atoms with Gasteiger partial charge in [-0.3, -0.25) is 14.9 Å². The molecule has 1 aliphatic carbocycles. The number of rotatable bonds is 6. The van der Waals surface area contributed by atoms with Gasteiger partial charge >= 0.3 is 5.69 Å². The highest BCUT2D eigenvalue weighted by molar-refractivity contribution is 6.32. The molecule has 1 saturated carbocycles. The number of carbonyl (C=O) groups excluding carboxylic acids is 1. The summed E-state index contributed by atoms with van der Waals surface area (Å²) in [4.78, 5) is 25.7. The van der Waals surface area contributed by atoms with Crippen molar-refractivity contribution >= 4 is 23.2 Å². The first-order chi connectivity index (χ1) is 9.09. The number of hydrogen-bond acceptors (Lipinski definition) is 4. The van der Waals surface area contributed by atoms with Gasteiger partial charge in [-0.25, -0.2) is 4.98 Å². The molecule has 19 heavy (non-hydrogen) atoms. The molecule has 1 N–H and O–H groups in total. The molecule has 0 aromatic carbocycles. The highest BCUT2D eigenvalue weighted by atomic mass is 35.5. The minimum Gasteiger partial charge on any atom is -0.352 e. The van der Waals surface area contributed by atoms with Gasteiger partial charge in [-0.2, -0.15) is 0 Å². The minimum absolute atomic E-state index is 0.0450. The van der Waals surface area contributed by atoms with Crippen LogP contribution in [-0.4, -0.2) is 22.4 Å². The molecule has 1 amide bonds. The Kier molecular flexibility index (Phi) is 4.31. The predicted molar refractivity (Wildman–Crippen MR) is 70.2 cm³/mol. The SMILES string of the molecule is O=C(NCCCC1CC1)c1ccnc(Cl)c1[N+](=O)[O-]. The molecule has 0 atom stereocenters.